The van der Waals surface area contributed by atoms with Gasteiger partial charge < -0.3 is 30.3 Å². The summed E-state index contributed by atoms with van der Waals surface area (Å²) in [4.78, 5) is 44.3. The van der Waals surface area contributed by atoms with Crippen LogP contribution in [0.15, 0.2) is 42.5 Å². The van der Waals surface area contributed by atoms with E-state index in [1.807, 2.05) is 26.8 Å². The van der Waals surface area contributed by atoms with Crippen molar-refractivity contribution in [2.24, 2.45) is 5.73 Å². The molecule has 3 rings (SSSR count). The number of amides is 3. The fourth-order valence-electron chi connectivity index (χ4n) is 4.73. The first-order valence-electron chi connectivity index (χ1n) is 13.5. The molecule has 10 heteroatoms. The first kappa shape index (κ1) is 31.0. The number of ether oxygens (including phenoxy) is 1. The van der Waals surface area contributed by atoms with Gasteiger partial charge in [-0.3, -0.25) is 14.4 Å². The van der Waals surface area contributed by atoms with Crippen LogP contribution in [0.2, 0.25) is 0 Å². The average molecular weight is 557 g/mol. The SMILES string of the molecule is CN(CC(=O)N(C)[C@@H](Cc1ccc(O)c(C(C)(C)C)c1)C(=O)N1CCOCC1)C(=O)[C@@H](N)Cc1ccc(F)cc1. The van der Waals surface area contributed by atoms with Crippen molar-refractivity contribution in [3.63, 3.8) is 0 Å². The Morgan fingerprint density at radius 1 is 1.02 bits per heavy atom. The van der Waals surface area contributed by atoms with Crippen LogP contribution in [0.4, 0.5) is 4.39 Å². The molecular weight excluding hydrogens is 515 g/mol. The highest BCUT2D eigenvalue weighted by Crippen LogP contribution is 2.31. The van der Waals surface area contributed by atoms with Crippen molar-refractivity contribution >= 4 is 17.7 Å². The number of likely N-dealkylation sites (N-methyl/N-ethyl adjacent to an activating group) is 2. The monoisotopic (exact) mass is 556 g/mol. The van der Waals surface area contributed by atoms with Gasteiger partial charge in [0.25, 0.3) is 0 Å². The minimum absolute atomic E-state index is 0.175. The molecule has 0 saturated carbocycles. The van der Waals surface area contributed by atoms with E-state index < -0.39 is 23.9 Å². The van der Waals surface area contributed by atoms with Crippen molar-refractivity contribution in [2.45, 2.75) is 51.1 Å². The third-order valence-corrected chi connectivity index (χ3v) is 7.20. The van der Waals surface area contributed by atoms with Gasteiger partial charge in [-0.1, -0.05) is 45.0 Å². The van der Waals surface area contributed by atoms with E-state index in [0.717, 1.165) is 11.1 Å². The van der Waals surface area contributed by atoms with Crippen LogP contribution >= 0.6 is 0 Å². The van der Waals surface area contributed by atoms with Gasteiger partial charge >= 0.3 is 0 Å². The number of benzene rings is 2. The molecule has 0 spiro atoms. The fraction of sp³-hybridized carbons (Fsp3) is 0.500. The Kier molecular flexibility index (Phi) is 10.3. The number of halogens is 1. The molecule has 9 nitrogen and oxygen atoms in total. The van der Waals surface area contributed by atoms with Crippen molar-refractivity contribution in [3.05, 3.63) is 65.0 Å². The summed E-state index contributed by atoms with van der Waals surface area (Å²) in [7, 11) is 3.06. The number of aromatic hydroxyl groups is 1. The number of phenolic OH excluding ortho intramolecular Hbond substituents is 1. The van der Waals surface area contributed by atoms with Gasteiger partial charge in [0.15, 0.2) is 0 Å². The maximum absolute atomic E-state index is 13.7. The lowest BCUT2D eigenvalue weighted by molar-refractivity contribution is -0.148. The summed E-state index contributed by atoms with van der Waals surface area (Å²) < 4.78 is 18.6. The van der Waals surface area contributed by atoms with Gasteiger partial charge in [-0.2, -0.15) is 0 Å². The third-order valence-electron chi connectivity index (χ3n) is 7.20. The van der Waals surface area contributed by atoms with E-state index in [2.05, 4.69) is 0 Å². The average Bonchev–Trinajstić information content (AvgIpc) is 2.92. The second-order valence-electron chi connectivity index (χ2n) is 11.4. The standard InChI is InChI=1S/C30H41FN4O5/c1-30(2,3)23-16-21(8-11-26(23)36)18-25(29(39)35-12-14-40-15-13-35)34(5)27(37)19-33(4)28(38)24(32)17-20-6-9-22(31)10-7-20/h6-11,16,24-25,36H,12-15,17-19,32H2,1-5H3/t24-,25-/m0/s1. The summed E-state index contributed by atoms with van der Waals surface area (Å²) in [5.41, 5.74) is 8.05. The Hall–Kier alpha value is -3.50. The number of carbonyl (C=O) groups excluding carboxylic acids is 3. The number of rotatable bonds is 9. The van der Waals surface area contributed by atoms with Crippen LogP contribution < -0.4 is 5.73 Å². The second kappa shape index (κ2) is 13.2. The van der Waals surface area contributed by atoms with Crippen LogP contribution in [0.5, 0.6) is 5.75 Å². The maximum atomic E-state index is 13.7. The number of hydrogen-bond acceptors (Lipinski definition) is 6. The predicted molar refractivity (Wildman–Crippen MR) is 150 cm³/mol. The minimum Gasteiger partial charge on any atom is -0.508 e. The fourth-order valence-corrected chi connectivity index (χ4v) is 4.73. The zero-order valence-corrected chi connectivity index (χ0v) is 24.0. The normalized spacial score (nSPS) is 15.3. The van der Waals surface area contributed by atoms with E-state index in [-0.39, 0.29) is 42.3 Å². The lowest BCUT2D eigenvalue weighted by atomic mass is 9.84. The van der Waals surface area contributed by atoms with E-state index in [0.29, 0.717) is 31.9 Å². The number of morpholine rings is 1. The topological polar surface area (TPSA) is 116 Å². The zero-order valence-electron chi connectivity index (χ0n) is 24.0. The Morgan fingerprint density at radius 3 is 2.23 bits per heavy atom. The first-order chi connectivity index (χ1) is 18.8. The summed E-state index contributed by atoms with van der Waals surface area (Å²) >= 11 is 0. The van der Waals surface area contributed by atoms with Crippen molar-refractivity contribution in [3.8, 4) is 5.75 Å². The minimum atomic E-state index is -0.910. The van der Waals surface area contributed by atoms with Crippen molar-refractivity contribution in [1.82, 2.24) is 14.7 Å². The van der Waals surface area contributed by atoms with Crippen molar-refractivity contribution in [1.29, 1.82) is 0 Å². The van der Waals surface area contributed by atoms with Crippen LogP contribution in [-0.4, -0.2) is 96.6 Å². The van der Waals surface area contributed by atoms with E-state index >= 15 is 0 Å². The highest BCUT2D eigenvalue weighted by molar-refractivity contribution is 5.91. The van der Waals surface area contributed by atoms with Crippen LogP contribution in [-0.2, 0) is 37.4 Å². The molecule has 1 saturated heterocycles. The lowest BCUT2D eigenvalue weighted by Gasteiger charge is -2.35. The highest BCUT2D eigenvalue weighted by Gasteiger charge is 2.33. The van der Waals surface area contributed by atoms with Gasteiger partial charge in [0.2, 0.25) is 17.7 Å². The number of nitrogens with two attached hydrogens (primary N) is 1. The number of nitrogens with zero attached hydrogens (tertiary/aromatic N) is 3. The van der Waals surface area contributed by atoms with E-state index in [1.165, 1.54) is 29.0 Å². The first-order valence-corrected chi connectivity index (χ1v) is 13.5. The molecule has 3 amide bonds. The smallest absolute Gasteiger partial charge is 0.245 e. The summed E-state index contributed by atoms with van der Waals surface area (Å²) in [5.74, 6) is -1.25. The van der Waals surface area contributed by atoms with Crippen LogP contribution in [0, 0.1) is 5.82 Å². The summed E-state index contributed by atoms with van der Waals surface area (Å²) in [6.07, 6.45) is 0.437. The van der Waals surface area contributed by atoms with Gasteiger partial charge in [-0.25, -0.2) is 4.39 Å². The molecule has 1 heterocycles. The largest absolute Gasteiger partial charge is 0.508 e. The maximum Gasteiger partial charge on any atom is 0.245 e. The van der Waals surface area contributed by atoms with Gasteiger partial charge in [-0.05, 0) is 46.7 Å². The number of phenols is 1. The van der Waals surface area contributed by atoms with E-state index in [4.69, 9.17) is 10.5 Å². The molecule has 0 bridgehead atoms. The molecule has 2 aromatic carbocycles. The molecule has 1 fully saturated rings. The van der Waals surface area contributed by atoms with E-state index in [1.54, 1.807) is 36.2 Å². The van der Waals surface area contributed by atoms with Crippen LogP contribution in [0.3, 0.4) is 0 Å². The summed E-state index contributed by atoms with van der Waals surface area (Å²) in [5, 5.41) is 10.4. The Balaban J connectivity index is 1.76. The summed E-state index contributed by atoms with van der Waals surface area (Å²) in [6.45, 7) is 7.41. The third kappa shape index (κ3) is 8.02. The molecule has 0 aliphatic carbocycles. The molecule has 2 aromatic rings. The van der Waals surface area contributed by atoms with Crippen LogP contribution in [0.25, 0.3) is 0 Å². The van der Waals surface area contributed by atoms with Crippen molar-refractivity contribution in [2.75, 3.05) is 46.9 Å². The molecule has 40 heavy (non-hydrogen) atoms. The predicted octanol–water partition coefficient (Wildman–Crippen LogP) is 2.09. The molecular formula is C30H41FN4O5. The Labute approximate surface area is 235 Å². The molecule has 0 unspecified atom stereocenters. The van der Waals surface area contributed by atoms with Gasteiger partial charge in [0, 0.05) is 33.6 Å². The molecule has 3 N–H and O–H groups in total. The molecule has 2 atom stereocenters. The summed E-state index contributed by atoms with van der Waals surface area (Å²) in [6, 6.07) is 9.26. The molecule has 0 aromatic heterocycles. The lowest BCUT2D eigenvalue weighted by Crippen LogP contribution is -2.55. The number of carbonyl (C=O) groups is 3. The molecule has 1 aliphatic heterocycles. The molecule has 218 valence electrons. The highest BCUT2D eigenvalue weighted by atomic mass is 19.1. The Bertz CT molecular complexity index is 1190. The Morgan fingerprint density at radius 2 is 1.62 bits per heavy atom. The van der Waals surface area contributed by atoms with Gasteiger partial charge in [-0.15, -0.1) is 0 Å². The van der Waals surface area contributed by atoms with Crippen LogP contribution in [0.1, 0.15) is 37.5 Å². The quantitative estimate of drug-likeness (QED) is 0.489. The van der Waals surface area contributed by atoms with Gasteiger partial charge in [0.05, 0.1) is 25.8 Å². The molecule has 0 radical (unpaired) electrons. The zero-order chi connectivity index (χ0) is 29.6. The number of hydrogen-bond donors (Lipinski definition) is 2. The molecule has 1 aliphatic rings. The van der Waals surface area contributed by atoms with E-state index in [9.17, 15) is 23.9 Å². The van der Waals surface area contributed by atoms with Crippen molar-refractivity contribution < 1.29 is 28.6 Å². The van der Waals surface area contributed by atoms with Gasteiger partial charge in [0.1, 0.15) is 17.6 Å². The second-order valence-corrected chi connectivity index (χ2v) is 11.4.